The summed E-state index contributed by atoms with van der Waals surface area (Å²) in [6.45, 7) is -0.685. The lowest BCUT2D eigenvalue weighted by molar-refractivity contribution is -0.384. The van der Waals surface area contributed by atoms with Crippen LogP contribution in [0.3, 0.4) is 0 Å². The van der Waals surface area contributed by atoms with Gasteiger partial charge in [0.1, 0.15) is 6.54 Å². The first-order valence-corrected chi connectivity index (χ1v) is 11.4. The van der Waals surface area contributed by atoms with Gasteiger partial charge in [0.2, 0.25) is 0 Å². The van der Waals surface area contributed by atoms with Gasteiger partial charge in [0, 0.05) is 22.7 Å². The van der Waals surface area contributed by atoms with E-state index in [1.165, 1.54) is 36.4 Å². The summed E-state index contributed by atoms with van der Waals surface area (Å²) in [4.78, 5) is 63.4. The molecule has 4 rings (SSSR count). The number of nitrogens with zero attached hydrogens (tertiary/aromatic N) is 3. The van der Waals surface area contributed by atoms with Crippen LogP contribution >= 0.6 is 23.2 Å². The van der Waals surface area contributed by atoms with Gasteiger partial charge in [-0.3, -0.25) is 29.3 Å². The highest BCUT2D eigenvalue weighted by Crippen LogP contribution is 2.39. The molecule has 176 valence electrons. The monoisotopic (exact) mass is 503 g/mol. The van der Waals surface area contributed by atoms with Crippen LogP contribution in [-0.4, -0.2) is 45.0 Å². The Morgan fingerprint density at radius 1 is 1.03 bits per heavy atom. The molecule has 0 bridgehead atoms. The van der Waals surface area contributed by atoms with Crippen LogP contribution in [0.1, 0.15) is 46.4 Å². The van der Waals surface area contributed by atoms with Gasteiger partial charge in [-0.15, -0.1) is 0 Å². The molecule has 0 spiro atoms. The molecule has 1 heterocycles. The minimum atomic E-state index is -0.833. The zero-order chi connectivity index (χ0) is 24.6. The molecule has 2 aliphatic rings. The van der Waals surface area contributed by atoms with Gasteiger partial charge in [-0.1, -0.05) is 48.2 Å². The van der Waals surface area contributed by atoms with Crippen LogP contribution in [0, 0.1) is 22.0 Å². The lowest BCUT2D eigenvalue weighted by Gasteiger charge is -2.30. The highest BCUT2D eigenvalue weighted by molar-refractivity contribution is 6.36. The molecule has 1 aliphatic carbocycles. The summed E-state index contributed by atoms with van der Waals surface area (Å²) in [7, 11) is 0. The summed E-state index contributed by atoms with van der Waals surface area (Å²) in [6.07, 6.45) is 2.62. The normalized spacial score (nSPS) is 19.6. The number of nitro benzene ring substituents is 1. The lowest BCUT2D eigenvalue weighted by Crippen LogP contribution is -2.52. The first kappa shape index (κ1) is 23.8. The average molecular weight is 504 g/mol. The number of benzene rings is 2. The Morgan fingerprint density at radius 3 is 2.26 bits per heavy atom. The Hall–Kier alpha value is -3.30. The molecule has 9 nitrogen and oxygen atoms in total. The number of rotatable bonds is 6. The second-order valence-corrected chi connectivity index (χ2v) is 9.05. The third-order valence-electron chi connectivity index (χ3n) is 6.13. The van der Waals surface area contributed by atoms with Crippen LogP contribution in [0.5, 0.6) is 0 Å². The number of hydrogen-bond donors (Lipinski definition) is 0. The van der Waals surface area contributed by atoms with E-state index >= 15 is 0 Å². The fourth-order valence-corrected chi connectivity index (χ4v) is 4.93. The smallest absolute Gasteiger partial charge is 0.274 e. The van der Waals surface area contributed by atoms with Crippen molar-refractivity contribution >= 4 is 52.4 Å². The summed E-state index contributed by atoms with van der Waals surface area (Å²) in [5.41, 5.74) is -0.386. The molecule has 0 N–H and O–H groups in total. The second kappa shape index (κ2) is 9.52. The van der Waals surface area contributed by atoms with Crippen molar-refractivity contribution < 1.29 is 24.1 Å². The fraction of sp³-hybridized carbons (Fsp3) is 0.304. The van der Waals surface area contributed by atoms with Crippen molar-refractivity contribution in [3.8, 4) is 0 Å². The molecule has 3 amide bonds. The number of hydrazine groups is 1. The van der Waals surface area contributed by atoms with E-state index in [1.807, 2.05) is 0 Å². The van der Waals surface area contributed by atoms with Gasteiger partial charge in [0.15, 0.2) is 5.78 Å². The molecule has 0 aromatic heterocycles. The first-order valence-electron chi connectivity index (χ1n) is 10.6. The molecule has 2 aromatic rings. The molecule has 11 heteroatoms. The maximum atomic E-state index is 13.5. The Balaban J connectivity index is 1.72. The fourth-order valence-electron chi connectivity index (χ4n) is 4.44. The Kier molecular flexibility index (Phi) is 6.67. The standard InChI is InChI=1S/C23H19Cl2N3O6/c24-14-8-9-18(19(25)11-14)21(30)26(12-20(29)13-4-3-5-15(10-13)28(33)34)27-22(31)16-6-1-2-7-17(16)23(27)32/h3-5,8-11,16-17H,1-2,6-7,12H2/t16-,17-/m0/s1. The summed E-state index contributed by atoms with van der Waals surface area (Å²) in [5.74, 6) is -3.70. The number of nitro groups is 1. The number of fused-ring (bicyclic) bond motifs is 1. The summed E-state index contributed by atoms with van der Waals surface area (Å²) < 4.78 is 0. The highest BCUT2D eigenvalue weighted by atomic mass is 35.5. The Morgan fingerprint density at radius 2 is 1.68 bits per heavy atom. The maximum absolute atomic E-state index is 13.5. The van der Waals surface area contributed by atoms with Crippen molar-refractivity contribution in [3.05, 3.63) is 73.8 Å². The van der Waals surface area contributed by atoms with E-state index in [1.54, 1.807) is 0 Å². The minimum Gasteiger partial charge on any atom is -0.292 e. The molecular weight excluding hydrogens is 485 g/mol. The van der Waals surface area contributed by atoms with Crippen molar-refractivity contribution in [2.24, 2.45) is 11.8 Å². The second-order valence-electron chi connectivity index (χ2n) is 8.20. The number of Topliss-reactive ketones (excluding diaryl/α,β-unsaturated/α-hetero) is 1. The first-order chi connectivity index (χ1) is 16.2. The van der Waals surface area contributed by atoms with Crippen LogP contribution in [0.2, 0.25) is 10.0 Å². The molecule has 1 saturated heterocycles. The number of ketones is 1. The molecule has 1 aliphatic heterocycles. The molecule has 2 aromatic carbocycles. The quantitative estimate of drug-likeness (QED) is 0.250. The SMILES string of the molecule is O=C(CN(C(=O)c1ccc(Cl)cc1Cl)N1C(=O)[C@H]2CCCC[C@@H]2C1=O)c1cccc([N+](=O)[O-])c1. The molecule has 2 fully saturated rings. The lowest BCUT2D eigenvalue weighted by atomic mass is 9.81. The van der Waals surface area contributed by atoms with E-state index in [0.29, 0.717) is 12.8 Å². The van der Waals surface area contributed by atoms with Crippen LogP contribution in [0.15, 0.2) is 42.5 Å². The van der Waals surface area contributed by atoms with E-state index < -0.39 is 46.8 Å². The Bertz CT molecular complexity index is 1190. The molecule has 1 saturated carbocycles. The molecular formula is C23H19Cl2N3O6. The van der Waals surface area contributed by atoms with Crippen molar-refractivity contribution in [1.82, 2.24) is 10.0 Å². The summed E-state index contributed by atoms with van der Waals surface area (Å²) in [6, 6.07) is 9.11. The number of non-ortho nitro benzene ring substituents is 1. The van der Waals surface area contributed by atoms with Gasteiger partial charge >= 0.3 is 0 Å². The van der Waals surface area contributed by atoms with E-state index in [2.05, 4.69) is 0 Å². The molecule has 0 unspecified atom stereocenters. The van der Waals surface area contributed by atoms with Gasteiger partial charge < -0.3 is 0 Å². The van der Waals surface area contributed by atoms with Crippen LogP contribution in [-0.2, 0) is 9.59 Å². The molecule has 0 radical (unpaired) electrons. The number of amides is 3. The zero-order valence-electron chi connectivity index (χ0n) is 17.8. The predicted molar refractivity (Wildman–Crippen MR) is 122 cm³/mol. The van der Waals surface area contributed by atoms with Crippen LogP contribution < -0.4 is 0 Å². The average Bonchev–Trinajstić information content (AvgIpc) is 3.07. The number of halogens is 2. The van der Waals surface area contributed by atoms with Crippen molar-refractivity contribution in [2.75, 3.05) is 6.54 Å². The van der Waals surface area contributed by atoms with E-state index in [4.69, 9.17) is 23.2 Å². The number of hydrogen-bond acceptors (Lipinski definition) is 6. The summed E-state index contributed by atoms with van der Waals surface area (Å²) >= 11 is 12.1. The van der Waals surface area contributed by atoms with Crippen molar-refractivity contribution in [2.45, 2.75) is 25.7 Å². The van der Waals surface area contributed by atoms with Crippen LogP contribution in [0.25, 0.3) is 0 Å². The topological polar surface area (TPSA) is 118 Å². The van der Waals surface area contributed by atoms with Crippen molar-refractivity contribution in [3.63, 3.8) is 0 Å². The molecule has 34 heavy (non-hydrogen) atoms. The number of carbonyl (C=O) groups excluding carboxylic acids is 4. The number of carbonyl (C=O) groups is 4. The molecule has 2 atom stereocenters. The van der Waals surface area contributed by atoms with Gasteiger partial charge in [0.05, 0.1) is 27.3 Å². The number of imide groups is 1. The summed E-state index contributed by atoms with van der Waals surface area (Å²) in [5, 5.41) is 12.9. The Labute approximate surface area is 204 Å². The minimum absolute atomic E-state index is 0.0122. The van der Waals surface area contributed by atoms with Crippen molar-refractivity contribution in [1.29, 1.82) is 0 Å². The van der Waals surface area contributed by atoms with Gasteiger partial charge in [-0.05, 0) is 31.0 Å². The van der Waals surface area contributed by atoms with E-state index in [-0.39, 0.29) is 26.9 Å². The van der Waals surface area contributed by atoms with Gasteiger partial charge in [0.25, 0.3) is 23.4 Å². The third-order valence-corrected chi connectivity index (χ3v) is 6.68. The van der Waals surface area contributed by atoms with Crippen LogP contribution in [0.4, 0.5) is 5.69 Å². The highest BCUT2D eigenvalue weighted by Gasteiger charge is 2.52. The van der Waals surface area contributed by atoms with Gasteiger partial charge in [-0.2, -0.15) is 5.01 Å². The predicted octanol–water partition coefficient (Wildman–Crippen LogP) is 4.32. The maximum Gasteiger partial charge on any atom is 0.274 e. The van der Waals surface area contributed by atoms with E-state index in [0.717, 1.165) is 28.9 Å². The zero-order valence-corrected chi connectivity index (χ0v) is 19.3. The van der Waals surface area contributed by atoms with E-state index in [9.17, 15) is 29.3 Å². The third kappa shape index (κ3) is 4.41. The largest absolute Gasteiger partial charge is 0.292 e. The van der Waals surface area contributed by atoms with Gasteiger partial charge in [-0.25, -0.2) is 5.01 Å².